The van der Waals surface area contributed by atoms with E-state index in [9.17, 15) is 9.90 Å². The van der Waals surface area contributed by atoms with Gasteiger partial charge in [0.1, 0.15) is 12.4 Å². The summed E-state index contributed by atoms with van der Waals surface area (Å²) in [4.78, 5) is 14.2. The van der Waals surface area contributed by atoms with E-state index in [4.69, 9.17) is 4.74 Å². The van der Waals surface area contributed by atoms with Gasteiger partial charge in [-0.3, -0.25) is 4.79 Å². The van der Waals surface area contributed by atoms with E-state index in [0.29, 0.717) is 23.8 Å². The summed E-state index contributed by atoms with van der Waals surface area (Å²) in [6, 6.07) is 7.29. The summed E-state index contributed by atoms with van der Waals surface area (Å²) < 4.78 is 5.66. The molecule has 1 saturated heterocycles. The quantitative estimate of drug-likeness (QED) is 0.876. The molecule has 0 bridgehead atoms. The highest BCUT2D eigenvalue weighted by Crippen LogP contribution is 2.28. The molecule has 0 radical (unpaired) electrons. The average Bonchev–Trinajstić information content (AvgIpc) is 3.26. The minimum absolute atomic E-state index is 0.107. The van der Waals surface area contributed by atoms with Crippen molar-refractivity contribution in [3.63, 3.8) is 0 Å². The van der Waals surface area contributed by atoms with Gasteiger partial charge in [-0.25, -0.2) is 0 Å². The molecular weight excluding hydrogens is 290 g/mol. The lowest BCUT2D eigenvalue weighted by molar-refractivity contribution is 0.0791. The van der Waals surface area contributed by atoms with E-state index in [-0.39, 0.29) is 5.91 Å². The number of hydrogen-bond acceptors (Lipinski definition) is 3. The number of rotatable bonds is 6. The van der Waals surface area contributed by atoms with E-state index in [1.165, 1.54) is 25.7 Å². The van der Waals surface area contributed by atoms with Crippen LogP contribution in [0.25, 0.3) is 0 Å². The van der Waals surface area contributed by atoms with Crippen LogP contribution in [0.3, 0.4) is 0 Å². The Balaban J connectivity index is 1.46. The Morgan fingerprint density at radius 2 is 1.78 bits per heavy atom. The monoisotopic (exact) mass is 317 g/mol. The van der Waals surface area contributed by atoms with Crippen molar-refractivity contribution in [3.05, 3.63) is 29.8 Å². The fraction of sp³-hybridized carbons (Fsp3) is 0.632. The summed E-state index contributed by atoms with van der Waals surface area (Å²) in [6.07, 6.45) is 7.72. The molecule has 4 heteroatoms. The van der Waals surface area contributed by atoms with Crippen molar-refractivity contribution in [2.45, 2.75) is 51.0 Å². The summed E-state index contributed by atoms with van der Waals surface area (Å²) in [5, 5.41) is 10.1. The largest absolute Gasteiger partial charge is 0.491 e. The molecule has 1 aromatic carbocycles. The standard InChI is InChI=1S/C19H27NO3/c21-17(13-15-5-1-2-6-15)14-23-18-9-7-16(8-10-18)19(22)20-11-3-4-12-20/h7-10,15,17,21H,1-6,11-14H2/t17-/m1/s1. The third kappa shape index (κ3) is 4.47. The lowest BCUT2D eigenvalue weighted by Gasteiger charge is -2.17. The number of aliphatic hydroxyl groups excluding tert-OH is 1. The van der Waals surface area contributed by atoms with Gasteiger partial charge in [0.15, 0.2) is 0 Å². The number of likely N-dealkylation sites (tertiary alicyclic amines) is 1. The Bertz CT molecular complexity index is 502. The van der Waals surface area contributed by atoms with Crippen molar-refractivity contribution in [1.29, 1.82) is 0 Å². The number of benzene rings is 1. The molecule has 1 N–H and O–H groups in total. The first-order valence-electron chi connectivity index (χ1n) is 8.92. The van der Waals surface area contributed by atoms with Crippen LogP contribution in [0.2, 0.25) is 0 Å². The van der Waals surface area contributed by atoms with E-state index in [1.54, 1.807) is 0 Å². The lowest BCUT2D eigenvalue weighted by atomic mass is 10.0. The predicted molar refractivity (Wildman–Crippen MR) is 89.7 cm³/mol. The Kier molecular flexibility index (Phi) is 5.55. The van der Waals surface area contributed by atoms with Crippen LogP contribution >= 0.6 is 0 Å². The first kappa shape index (κ1) is 16.3. The second-order valence-electron chi connectivity index (χ2n) is 6.87. The van der Waals surface area contributed by atoms with Gasteiger partial charge in [0.2, 0.25) is 0 Å². The minimum Gasteiger partial charge on any atom is -0.491 e. The second-order valence-corrected chi connectivity index (χ2v) is 6.87. The van der Waals surface area contributed by atoms with Crippen molar-refractivity contribution >= 4 is 5.91 Å². The number of ether oxygens (including phenoxy) is 1. The zero-order valence-electron chi connectivity index (χ0n) is 13.7. The summed E-state index contributed by atoms with van der Waals surface area (Å²) >= 11 is 0. The Morgan fingerprint density at radius 1 is 1.13 bits per heavy atom. The lowest BCUT2D eigenvalue weighted by Crippen LogP contribution is -2.27. The number of hydrogen-bond donors (Lipinski definition) is 1. The van der Waals surface area contributed by atoms with E-state index >= 15 is 0 Å². The summed E-state index contributed by atoms with van der Waals surface area (Å²) in [7, 11) is 0. The number of amides is 1. The molecule has 1 aliphatic carbocycles. The maximum Gasteiger partial charge on any atom is 0.253 e. The SMILES string of the molecule is O=C(c1ccc(OC[C@H](O)CC2CCCC2)cc1)N1CCCC1. The molecule has 1 amide bonds. The van der Waals surface area contributed by atoms with Crippen LogP contribution in [0.5, 0.6) is 5.75 Å². The van der Waals surface area contributed by atoms with Gasteiger partial charge >= 0.3 is 0 Å². The van der Waals surface area contributed by atoms with Gasteiger partial charge in [0, 0.05) is 18.7 Å². The van der Waals surface area contributed by atoms with E-state index in [2.05, 4.69) is 0 Å². The highest BCUT2D eigenvalue weighted by molar-refractivity contribution is 5.94. The van der Waals surface area contributed by atoms with Crippen LogP contribution in [0.15, 0.2) is 24.3 Å². The second kappa shape index (κ2) is 7.82. The Labute approximate surface area is 138 Å². The van der Waals surface area contributed by atoms with Gasteiger partial charge in [-0.1, -0.05) is 25.7 Å². The molecule has 2 fully saturated rings. The predicted octanol–water partition coefficient (Wildman–Crippen LogP) is 3.24. The van der Waals surface area contributed by atoms with Crippen molar-refractivity contribution in [2.75, 3.05) is 19.7 Å². The molecule has 0 unspecified atom stereocenters. The zero-order valence-corrected chi connectivity index (χ0v) is 13.7. The molecule has 0 spiro atoms. The van der Waals surface area contributed by atoms with Crippen LogP contribution in [0.1, 0.15) is 55.3 Å². The molecule has 23 heavy (non-hydrogen) atoms. The summed E-state index contributed by atoms with van der Waals surface area (Å²) in [5.74, 6) is 1.48. The van der Waals surface area contributed by atoms with E-state index < -0.39 is 6.10 Å². The number of carbonyl (C=O) groups is 1. The minimum atomic E-state index is -0.399. The summed E-state index contributed by atoms with van der Waals surface area (Å²) in [5.41, 5.74) is 0.714. The molecule has 3 rings (SSSR count). The first-order chi connectivity index (χ1) is 11.2. The third-order valence-corrected chi connectivity index (χ3v) is 5.02. The maximum atomic E-state index is 12.3. The van der Waals surface area contributed by atoms with Crippen molar-refractivity contribution in [2.24, 2.45) is 5.92 Å². The molecule has 1 aromatic rings. The molecule has 1 heterocycles. The first-order valence-corrected chi connectivity index (χ1v) is 8.92. The third-order valence-electron chi connectivity index (χ3n) is 5.02. The van der Waals surface area contributed by atoms with Crippen LogP contribution < -0.4 is 4.74 Å². The average molecular weight is 317 g/mol. The zero-order chi connectivity index (χ0) is 16.1. The van der Waals surface area contributed by atoms with Gasteiger partial charge in [0.05, 0.1) is 6.10 Å². The van der Waals surface area contributed by atoms with Gasteiger partial charge in [-0.05, 0) is 49.4 Å². The molecule has 0 aromatic heterocycles. The van der Waals surface area contributed by atoms with E-state index in [0.717, 1.165) is 32.4 Å². The normalized spacial score (nSPS) is 20.0. The van der Waals surface area contributed by atoms with Crippen LogP contribution in [0, 0.1) is 5.92 Å². The maximum absolute atomic E-state index is 12.3. The van der Waals surface area contributed by atoms with Gasteiger partial charge < -0.3 is 14.7 Å². The van der Waals surface area contributed by atoms with Crippen molar-refractivity contribution in [1.82, 2.24) is 4.90 Å². The molecule has 1 aliphatic heterocycles. The number of aliphatic hydroxyl groups is 1. The number of nitrogens with zero attached hydrogens (tertiary/aromatic N) is 1. The highest BCUT2D eigenvalue weighted by atomic mass is 16.5. The molecule has 4 nitrogen and oxygen atoms in total. The Hall–Kier alpha value is -1.55. The van der Waals surface area contributed by atoms with Crippen LogP contribution in [-0.2, 0) is 0 Å². The Morgan fingerprint density at radius 3 is 2.43 bits per heavy atom. The highest BCUT2D eigenvalue weighted by Gasteiger charge is 2.20. The van der Waals surface area contributed by atoms with Crippen molar-refractivity contribution < 1.29 is 14.6 Å². The molecule has 2 aliphatic rings. The summed E-state index contributed by atoms with van der Waals surface area (Å²) in [6.45, 7) is 2.06. The molecule has 1 atom stereocenters. The number of carbonyl (C=O) groups excluding carboxylic acids is 1. The molecule has 1 saturated carbocycles. The molecule has 126 valence electrons. The van der Waals surface area contributed by atoms with Gasteiger partial charge in [-0.2, -0.15) is 0 Å². The van der Waals surface area contributed by atoms with Crippen molar-refractivity contribution in [3.8, 4) is 5.75 Å². The fourth-order valence-electron chi connectivity index (χ4n) is 3.69. The molecular formula is C19H27NO3. The smallest absolute Gasteiger partial charge is 0.253 e. The topological polar surface area (TPSA) is 49.8 Å². The van der Waals surface area contributed by atoms with Gasteiger partial charge in [-0.15, -0.1) is 0 Å². The van der Waals surface area contributed by atoms with E-state index in [1.807, 2.05) is 29.2 Å². The van der Waals surface area contributed by atoms with Crippen LogP contribution in [0.4, 0.5) is 0 Å². The van der Waals surface area contributed by atoms with Crippen LogP contribution in [-0.4, -0.2) is 41.7 Å². The fourth-order valence-corrected chi connectivity index (χ4v) is 3.69. The van der Waals surface area contributed by atoms with Gasteiger partial charge in [0.25, 0.3) is 5.91 Å².